The standard InChI is InChI=1S/C20H28N2O3S2/c1-13-14(2)16(4)20(17(5)15(13)3)27(24,25)21-10-9-19(23)22(6)12-18-8-7-11-26-18/h7-8,11,21H,9-10,12H2,1-6H3. The number of benzene rings is 1. The second-order valence-electron chi connectivity index (χ2n) is 6.93. The van der Waals surface area contributed by atoms with E-state index >= 15 is 0 Å². The average molecular weight is 409 g/mol. The Balaban J connectivity index is 2.06. The fraction of sp³-hybridized carbons (Fsp3) is 0.450. The highest BCUT2D eigenvalue weighted by atomic mass is 32.2. The Hall–Kier alpha value is -1.70. The molecule has 0 fully saturated rings. The molecule has 0 aliphatic heterocycles. The number of carbonyl (C=O) groups excluding carboxylic acids is 1. The number of rotatable bonds is 7. The molecule has 148 valence electrons. The van der Waals surface area contributed by atoms with Crippen LogP contribution in [0.2, 0.25) is 0 Å². The Bertz CT molecular complexity index is 904. The molecule has 1 aromatic heterocycles. The summed E-state index contributed by atoms with van der Waals surface area (Å²) in [5.41, 5.74) is 4.64. The summed E-state index contributed by atoms with van der Waals surface area (Å²) in [5, 5.41) is 1.97. The van der Waals surface area contributed by atoms with Crippen molar-refractivity contribution in [3.63, 3.8) is 0 Å². The minimum atomic E-state index is -3.67. The van der Waals surface area contributed by atoms with Gasteiger partial charge in [-0.15, -0.1) is 11.3 Å². The molecule has 0 aliphatic carbocycles. The van der Waals surface area contributed by atoms with Gasteiger partial charge in [0.25, 0.3) is 0 Å². The van der Waals surface area contributed by atoms with Gasteiger partial charge in [-0.1, -0.05) is 6.07 Å². The van der Waals surface area contributed by atoms with Crippen LogP contribution in [0, 0.1) is 34.6 Å². The van der Waals surface area contributed by atoms with Gasteiger partial charge >= 0.3 is 0 Å². The lowest BCUT2D eigenvalue weighted by molar-refractivity contribution is -0.130. The molecular weight excluding hydrogens is 380 g/mol. The van der Waals surface area contributed by atoms with Crippen LogP contribution in [0.3, 0.4) is 0 Å². The Morgan fingerprint density at radius 2 is 1.59 bits per heavy atom. The minimum Gasteiger partial charge on any atom is -0.341 e. The molecule has 27 heavy (non-hydrogen) atoms. The second-order valence-corrected chi connectivity index (χ2v) is 9.67. The van der Waals surface area contributed by atoms with Gasteiger partial charge in [-0.05, 0) is 73.9 Å². The third kappa shape index (κ3) is 4.78. The van der Waals surface area contributed by atoms with E-state index in [2.05, 4.69) is 4.72 Å². The van der Waals surface area contributed by atoms with Gasteiger partial charge in [0.2, 0.25) is 15.9 Å². The Kier molecular flexibility index (Phi) is 6.83. The third-order valence-electron chi connectivity index (χ3n) is 5.23. The number of amides is 1. The van der Waals surface area contributed by atoms with E-state index in [9.17, 15) is 13.2 Å². The average Bonchev–Trinajstić information content (AvgIpc) is 3.10. The molecule has 7 heteroatoms. The summed E-state index contributed by atoms with van der Waals surface area (Å²) in [5.74, 6) is -0.0872. The number of carbonyl (C=O) groups is 1. The van der Waals surface area contributed by atoms with Crippen molar-refractivity contribution in [1.82, 2.24) is 9.62 Å². The first-order valence-electron chi connectivity index (χ1n) is 8.89. The van der Waals surface area contributed by atoms with Crippen LogP contribution < -0.4 is 4.72 Å². The van der Waals surface area contributed by atoms with Crippen LogP contribution in [0.4, 0.5) is 0 Å². The first kappa shape index (κ1) is 21.6. The van der Waals surface area contributed by atoms with Gasteiger partial charge in [0.15, 0.2) is 0 Å². The summed E-state index contributed by atoms with van der Waals surface area (Å²) in [6, 6.07) is 3.92. The Morgan fingerprint density at radius 1 is 1.04 bits per heavy atom. The van der Waals surface area contributed by atoms with Crippen molar-refractivity contribution in [3.8, 4) is 0 Å². The topological polar surface area (TPSA) is 66.5 Å². The van der Waals surface area contributed by atoms with Crippen LogP contribution in [0.1, 0.15) is 39.1 Å². The van der Waals surface area contributed by atoms with E-state index in [0.717, 1.165) is 32.7 Å². The number of sulfonamides is 1. The van der Waals surface area contributed by atoms with E-state index < -0.39 is 10.0 Å². The van der Waals surface area contributed by atoms with Gasteiger partial charge in [0.1, 0.15) is 0 Å². The van der Waals surface area contributed by atoms with E-state index in [1.165, 1.54) is 0 Å². The molecule has 0 saturated carbocycles. The highest BCUT2D eigenvalue weighted by molar-refractivity contribution is 7.89. The monoisotopic (exact) mass is 408 g/mol. The van der Waals surface area contributed by atoms with Crippen LogP contribution in [-0.2, 0) is 21.4 Å². The molecule has 0 saturated heterocycles. The number of nitrogens with zero attached hydrogens (tertiary/aromatic N) is 1. The van der Waals surface area contributed by atoms with Crippen LogP contribution in [0.25, 0.3) is 0 Å². The van der Waals surface area contributed by atoms with Crippen molar-refractivity contribution in [2.45, 2.75) is 52.5 Å². The van der Waals surface area contributed by atoms with E-state index in [0.29, 0.717) is 11.4 Å². The quantitative estimate of drug-likeness (QED) is 0.761. The molecule has 1 amide bonds. The van der Waals surface area contributed by atoms with Crippen molar-refractivity contribution in [3.05, 3.63) is 50.2 Å². The zero-order chi connectivity index (χ0) is 20.4. The second kappa shape index (κ2) is 8.54. The predicted molar refractivity (Wildman–Crippen MR) is 111 cm³/mol. The fourth-order valence-corrected chi connectivity index (χ4v) is 5.53. The Labute approximate surface area is 166 Å². The number of hydrogen-bond donors (Lipinski definition) is 1. The lowest BCUT2D eigenvalue weighted by Crippen LogP contribution is -2.32. The zero-order valence-corrected chi connectivity index (χ0v) is 18.5. The lowest BCUT2D eigenvalue weighted by atomic mass is 9.95. The van der Waals surface area contributed by atoms with Crippen molar-refractivity contribution in [2.24, 2.45) is 0 Å². The van der Waals surface area contributed by atoms with Crippen LogP contribution in [-0.4, -0.2) is 32.8 Å². The van der Waals surface area contributed by atoms with Crippen LogP contribution in [0.5, 0.6) is 0 Å². The maximum absolute atomic E-state index is 12.9. The van der Waals surface area contributed by atoms with E-state index in [1.807, 2.05) is 52.1 Å². The summed E-state index contributed by atoms with van der Waals surface area (Å²) < 4.78 is 28.3. The number of thiophene rings is 1. The summed E-state index contributed by atoms with van der Waals surface area (Å²) in [7, 11) is -1.94. The molecule has 1 N–H and O–H groups in total. The largest absolute Gasteiger partial charge is 0.341 e. The lowest BCUT2D eigenvalue weighted by Gasteiger charge is -2.19. The fourth-order valence-electron chi connectivity index (χ4n) is 3.15. The van der Waals surface area contributed by atoms with Gasteiger partial charge in [-0.2, -0.15) is 0 Å². The molecule has 2 rings (SSSR count). The predicted octanol–water partition coefficient (Wildman–Crippen LogP) is 3.62. The Morgan fingerprint density at radius 3 is 2.11 bits per heavy atom. The summed E-state index contributed by atoms with van der Waals surface area (Å²) >= 11 is 1.60. The van der Waals surface area contributed by atoms with Gasteiger partial charge in [0, 0.05) is 24.9 Å². The van der Waals surface area contributed by atoms with Crippen molar-refractivity contribution >= 4 is 27.3 Å². The molecule has 0 bridgehead atoms. The van der Waals surface area contributed by atoms with E-state index in [1.54, 1.807) is 23.3 Å². The van der Waals surface area contributed by atoms with Gasteiger partial charge in [0.05, 0.1) is 11.4 Å². The zero-order valence-electron chi connectivity index (χ0n) is 16.8. The molecule has 5 nitrogen and oxygen atoms in total. The number of nitrogens with one attached hydrogen (secondary N) is 1. The molecule has 1 heterocycles. The summed E-state index contributed by atoms with van der Waals surface area (Å²) in [4.78, 5) is 15.3. The minimum absolute atomic E-state index is 0.0841. The smallest absolute Gasteiger partial charge is 0.241 e. The van der Waals surface area contributed by atoms with Crippen molar-refractivity contribution in [1.29, 1.82) is 0 Å². The SMILES string of the molecule is Cc1c(C)c(C)c(S(=O)(=O)NCCC(=O)N(C)Cc2cccs2)c(C)c1C. The first-order valence-corrected chi connectivity index (χ1v) is 11.3. The summed E-state index contributed by atoms with van der Waals surface area (Å²) in [6.45, 7) is 10.2. The van der Waals surface area contributed by atoms with Crippen molar-refractivity contribution in [2.75, 3.05) is 13.6 Å². The first-order chi connectivity index (χ1) is 12.6. The van der Waals surface area contributed by atoms with Gasteiger partial charge in [-0.3, -0.25) is 4.79 Å². The highest BCUT2D eigenvalue weighted by Gasteiger charge is 2.23. The van der Waals surface area contributed by atoms with Crippen molar-refractivity contribution < 1.29 is 13.2 Å². The molecule has 0 aliphatic rings. The van der Waals surface area contributed by atoms with Gasteiger partial charge in [-0.25, -0.2) is 13.1 Å². The molecular formula is C20H28N2O3S2. The van der Waals surface area contributed by atoms with E-state index in [4.69, 9.17) is 0 Å². The van der Waals surface area contributed by atoms with Gasteiger partial charge < -0.3 is 4.90 Å². The maximum Gasteiger partial charge on any atom is 0.241 e. The third-order valence-corrected chi connectivity index (χ3v) is 7.82. The summed E-state index contributed by atoms with van der Waals surface area (Å²) in [6.07, 6.45) is 0.128. The van der Waals surface area contributed by atoms with Crippen LogP contribution >= 0.6 is 11.3 Å². The molecule has 0 unspecified atom stereocenters. The molecule has 2 aromatic rings. The number of hydrogen-bond acceptors (Lipinski definition) is 4. The molecule has 0 spiro atoms. The highest BCUT2D eigenvalue weighted by Crippen LogP contribution is 2.29. The molecule has 0 radical (unpaired) electrons. The maximum atomic E-state index is 12.9. The van der Waals surface area contributed by atoms with Crippen LogP contribution in [0.15, 0.2) is 22.4 Å². The normalized spacial score (nSPS) is 11.6. The molecule has 1 aromatic carbocycles. The van der Waals surface area contributed by atoms with E-state index in [-0.39, 0.29) is 18.9 Å². The molecule has 0 atom stereocenters.